The second kappa shape index (κ2) is 11.1. The largest absolute Gasteiger partial charge is 0.484 e. The summed E-state index contributed by atoms with van der Waals surface area (Å²) in [4.78, 5) is 38.5. The fourth-order valence-electron chi connectivity index (χ4n) is 3.63. The molecule has 1 N–H and O–H groups in total. The van der Waals surface area contributed by atoms with Gasteiger partial charge in [0.05, 0.1) is 18.3 Å². The van der Waals surface area contributed by atoms with Gasteiger partial charge >= 0.3 is 5.97 Å². The maximum Gasteiger partial charge on any atom is 0.340 e. The number of likely N-dealkylation sites (N-methyl/N-ethyl adjacent to an activating group) is 1. The fourth-order valence-corrected chi connectivity index (χ4v) is 3.63. The van der Waals surface area contributed by atoms with Crippen molar-refractivity contribution in [1.82, 2.24) is 10.2 Å². The van der Waals surface area contributed by atoms with E-state index in [0.717, 1.165) is 17.5 Å². The Morgan fingerprint density at radius 1 is 1.06 bits per heavy atom. The van der Waals surface area contributed by atoms with Crippen LogP contribution in [0.25, 0.3) is 6.08 Å². The average Bonchev–Trinajstić information content (AvgIpc) is 3.07. The lowest BCUT2D eigenvalue weighted by Crippen LogP contribution is -2.30. The molecule has 2 aromatic rings. The number of rotatable bonds is 9. The molecule has 0 bridgehead atoms. The smallest absolute Gasteiger partial charge is 0.340 e. The van der Waals surface area contributed by atoms with Gasteiger partial charge in [-0.15, -0.1) is 0 Å². The molecule has 172 valence electrons. The van der Waals surface area contributed by atoms with Crippen molar-refractivity contribution >= 4 is 23.9 Å². The van der Waals surface area contributed by atoms with Crippen LogP contribution in [0, 0.1) is 0 Å². The van der Waals surface area contributed by atoms with Gasteiger partial charge in [-0.25, -0.2) is 4.79 Å². The number of hydrogen-bond acceptors (Lipinski definition) is 5. The first-order valence-electron chi connectivity index (χ1n) is 10.8. The number of ether oxygens (including phenoxy) is 2. The molecule has 0 radical (unpaired) electrons. The molecule has 33 heavy (non-hydrogen) atoms. The molecule has 1 aliphatic rings. The van der Waals surface area contributed by atoms with Crippen LogP contribution in [0.3, 0.4) is 0 Å². The van der Waals surface area contributed by atoms with E-state index in [1.807, 2.05) is 37.3 Å². The summed E-state index contributed by atoms with van der Waals surface area (Å²) in [7, 11) is 1.29. The van der Waals surface area contributed by atoms with Crippen molar-refractivity contribution in [2.24, 2.45) is 0 Å². The molecule has 0 atom stereocenters. The van der Waals surface area contributed by atoms with Gasteiger partial charge in [0, 0.05) is 18.8 Å². The van der Waals surface area contributed by atoms with Gasteiger partial charge in [-0.1, -0.05) is 42.5 Å². The third-order valence-corrected chi connectivity index (χ3v) is 5.36. The molecule has 1 heterocycles. The minimum atomic E-state index is -0.540. The molecule has 0 saturated carbocycles. The van der Waals surface area contributed by atoms with Crippen molar-refractivity contribution in [3.05, 3.63) is 82.6 Å². The highest BCUT2D eigenvalue weighted by atomic mass is 16.5. The Hall–Kier alpha value is -3.87. The predicted octanol–water partition coefficient (Wildman–Crippen LogP) is 3.12. The number of methoxy groups -OCH3 is 1. The van der Waals surface area contributed by atoms with Gasteiger partial charge in [-0.2, -0.15) is 0 Å². The predicted molar refractivity (Wildman–Crippen MR) is 125 cm³/mol. The van der Waals surface area contributed by atoms with Crippen LogP contribution in [-0.4, -0.2) is 49.5 Å². The SMILES string of the molecule is CCN1C(=O)/C(=C\c2ccc(OCC(=O)NCCc3ccccc3)cc2)C(C(=O)OC)=C1C. The molecule has 7 heteroatoms. The minimum absolute atomic E-state index is 0.0897. The molecule has 0 spiro atoms. The van der Waals surface area contributed by atoms with Crippen LogP contribution in [-0.2, 0) is 25.5 Å². The maximum atomic E-state index is 12.7. The van der Waals surface area contributed by atoms with Crippen molar-refractivity contribution < 1.29 is 23.9 Å². The summed E-state index contributed by atoms with van der Waals surface area (Å²) >= 11 is 0. The van der Waals surface area contributed by atoms with E-state index in [1.165, 1.54) is 7.11 Å². The summed E-state index contributed by atoms with van der Waals surface area (Å²) in [5.41, 5.74) is 3.04. The quantitative estimate of drug-likeness (QED) is 0.471. The second-order valence-corrected chi connectivity index (χ2v) is 7.50. The molecule has 0 aliphatic carbocycles. The Morgan fingerprint density at radius 3 is 2.39 bits per heavy atom. The Bertz CT molecular complexity index is 1070. The molecule has 2 amide bonds. The zero-order valence-corrected chi connectivity index (χ0v) is 19.1. The lowest BCUT2D eigenvalue weighted by atomic mass is 10.0. The highest BCUT2D eigenvalue weighted by Gasteiger charge is 2.36. The molecule has 0 fully saturated rings. The summed E-state index contributed by atoms with van der Waals surface area (Å²) in [6, 6.07) is 16.9. The van der Waals surface area contributed by atoms with Crippen LogP contribution < -0.4 is 10.1 Å². The molecule has 7 nitrogen and oxygen atoms in total. The highest BCUT2D eigenvalue weighted by molar-refractivity contribution is 6.16. The van der Waals surface area contributed by atoms with Crippen LogP contribution in [0.2, 0.25) is 0 Å². The summed E-state index contributed by atoms with van der Waals surface area (Å²) in [6.45, 7) is 4.49. The summed E-state index contributed by atoms with van der Waals surface area (Å²) < 4.78 is 10.4. The molecular formula is C26H28N2O5. The molecule has 0 aromatic heterocycles. The number of nitrogens with one attached hydrogen (secondary N) is 1. The van der Waals surface area contributed by atoms with E-state index in [-0.39, 0.29) is 24.0 Å². The normalized spacial score (nSPS) is 14.6. The number of carbonyl (C=O) groups is 3. The van der Waals surface area contributed by atoms with E-state index in [1.54, 1.807) is 42.2 Å². The number of carbonyl (C=O) groups excluding carboxylic acids is 3. The first-order chi connectivity index (χ1) is 15.9. The molecular weight excluding hydrogens is 420 g/mol. The Kier molecular flexibility index (Phi) is 8.02. The first-order valence-corrected chi connectivity index (χ1v) is 10.8. The van der Waals surface area contributed by atoms with Crippen LogP contribution in [0.5, 0.6) is 5.75 Å². The van der Waals surface area contributed by atoms with E-state index >= 15 is 0 Å². The standard InChI is InChI=1S/C26H28N2O5/c1-4-28-18(2)24(26(31)32-3)22(25(28)30)16-20-10-12-21(13-11-20)33-17-23(29)27-15-14-19-8-6-5-7-9-19/h5-13,16H,4,14-15,17H2,1-3H3,(H,27,29)/b22-16-. The van der Waals surface area contributed by atoms with Crippen molar-refractivity contribution in [1.29, 1.82) is 0 Å². The molecule has 2 aromatic carbocycles. The summed E-state index contributed by atoms with van der Waals surface area (Å²) in [6.07, 6.45) is 2.42. The van der Waals surface area contributed by atoms with Gasteiger partial charge in [0.2, 0.25) is 0 Å². The van der Waals surface area contributed by atoms with E-state index in [9.17, 15) is 14.4 Å². The van der Waals surface area contributed by atoms with E-state index in [0.29, 0.717) is 30.1 Å². The fraction of sp³-hybridized carbons (Fsp3) is 0.269. The van der Waals surface area contributed by atoms with Crippen molar-refractivity contribution in [3.8, 4) is 5.75 Å². The molecule has 3 rings (SSSR count). The van der Waals surface area contributed by atoms with Crippen LogP contribution in [0.4, 0.5) is 0 Å². The number of nitrogens with zero attached hydrogens (tertiary/aromatic N) is 1. The minimum Gasteiger partial charge on any atom is -0.484 e. The highest BCUT2D eigenvalue weighted by Crippen LogP contribution is 2.31. The van der Waals surface area contributed by atoms with Crippen molar-refractivity contribution in [3.63, 3.8) is 0 Å². The van der Waals surface area contributed by atoms with Gasteiger partial charge in [-0.3, -0.25) is 9.59 Å². The van der Waals surface area contributed by atoms with E-state index < -0.39 is 5.97 Å². The van der Waals surface area contributed by atoms with Gasteiger partial charge in [0.15, 0.2) is 6.61 Å². The van der Waals surface area contributed by atoms with Crippen molar-refractivity contribution in [2.75, 3.05) is 26.8 Å². The zero-order chi connectivity index (χ0) is 23.8. The maximum absolute atomic E-state index is 12.7. The molecule has 0 saturated heterocycles. The van der Waals surface area contributed by atoms with Gasteiger partial charge in [0.25, 0.3) is 11.8 Å². The summed E-state index contributed by atoms with van der Waals surface area (Å²) in [5.74, 6) is -0.441. The van der Waals surface area contributed by atoms with E-state index in [2.05, 4.69) is 5.32 Å². The monoisotopic (exact) mass is 448 g/mol. The average molecular weight is 449 g/mol. The third-order valence-electron chi connectivity index (χ3n) is 5.36. The number of allylic oxidation sites excluding steroid dienone is 1. The number of esters is 1. The first kappa shape index (κ1) is 23.8. The van der Waals surface area contributed by atoms with E-state index in [4.69, 9.17) is 9.47 Å². The van der Waals surface area contributed by atoms with Gasteiger partial charge < -0.3 is 19.7 Å². The van der Waals surface area contributed by atoms with Gasteiger partial charge in [0.1, 0.15) is 5.75 Å². The number of benzene rings is 2. The summed E-state index contributed by atoms with van der Waals surface area (Å²) in [5, 5.41) is 2.84. The zero-order valence-electron chi connectivity index (χ0n) is 19.1. The van der Waals surface area contributed by atoms with Crippen LogP contribution in [0.15, 0.2) is 71.4 Å². The molecule has 0 unspecified atom stereocenters. The van der Waals surface area contributed by atoms with Crippen LogP contribution >= 0.6 is 0 Å². The Morgan fingerprint density at radius 2 is 1.76 bits per heavy atom. The molecule has 1 aliphatic heterocycles. The number of hydrogen-bond donors (Lipinski definition) is 1. The lowest BCUT2D eigenvalue weighted by Gasteiger charge is -2.14. The second-order valence-electron chi connectivity index (χ2n) is 7.50. The van der Waals surface area contributed by atoms with Gasteiger partial charge in [-0.05, 0) is 49.6 Å². The van der Waals surface area contributed by atoms with Crippen molar-refractivity contribution in [2.45, 2.75) is 20.3 Å². The Balaban J connectivity index is 1.58. The Labute approximate surface area is 193 Å². The number of amides is 2. The third kappa shape index (κ3) is 5.88. The van der Waals surface area contributed by atoms with Crippen LogP contribution in [0.1, 0.15) is 25.0 Å². The lowest BCUT2D eigenvalue weighted by molar-refractivity contribution is -0.136. The topological polar surface area (TPSA) is 84.9 Å².